The second-order valence-corrected chi connectivity index (χ2v) is 5.32. The van der Waals surface area contributed by atoms with E-state index in [1.165, 1.54) is 11.1 Å². The van der Waals surface area contributed by atoms with Gasteiger partial charge in [-0.25, -0.2) is 0 Å². The predicted molar refractivity (Wildman–Crippen MR) is 87.3 cm³/mol. The van der Waals surface area contributed by atoms with Gasteiger partial charge in [-0.1, -0.05) is 24.3 Å². The molecular formula is C18H21NO3. The van der Waals surface area contributed by atoms with E-state index in [1.54, 1.807) is 21.3 Å². The monoisotopic (exact) mass is 299 g/mol. The van der Waals surface area contributed by atoms with Crippen LogP contribution in [0, 0.1) is 0 Å². The second-order valence-electron chi connectivity index (χ2n) is 5.32. The van der Waals surface area contributed by atoms with E-state index in [2.05, 4.69) is 29.2 Å². The number of methoxy groups -OCH3 is 3. The standard InChI is InChI=1S/C18H21NO3/c1-20-16-10-15(11-17(21-2)18(16)22-3)19-9-8-13-6-4-5-7-14(13)12-19/h4-7,10-11H,8-9,12H2,1-3H3. The maximum absolute atomic E-state index is 5.45. The first-order chi connectivity index (χ1) is 10.8. The molecule has 1 aliphatic heterocycles. The van der Waals surface area contributed by atoms with Crippen LogP contribution in [-0.2, 0) is 13.0 Å². The molecule has 0 aliphatic carbocycles. The molecule has 0 saturated heterocycles. The van der Waals surface area contributed by atoms with Crippen LogP contribution >= 0.6 is 0 Å². The largest absolute Gasteiger partial charge is 0.493 e. The lowest BCUT2D eigenvalue weighted by atomic mass is 9.99. The third kappa shape index (κ3) is 2.56. The van der Waals surface area contributed by atoms with Gasteiger partial charge in [0.2, 0.25) is 5.75 Å². The van der Waals surface area contributed by atoms with E-state index in [4.69, 9.17) is 14.2 Å². The van der Waals surface area contributed by atoms with Crippen LogP contribution in [-0.4, -0.2) is 27.9 Å². The van der Waals surface area contributed by atoms with Crippen molar-refractivity contribution in [3.05, 3.63) is 47.5 Å². The zero-order valence-electron chi connectivity index (χ0n) is 13.3. The van der Waals surface area contributed by atoms with Gasteiger partial charge in [0.1, 0.15) is 0 Å². The molecule has 0 atom stereocenters. The van der Waals surface area contributed by atoms with Crippen LogP contribution in [0.15, 0.2) is 36.4 Å². The molecular weight excluding hydrogens is 278 g/mol. The smallest absolute Gasteiger partial charge is 0.203 e. The van der Waals surface area contributed by atoms with Crippen LogP contribution in [0.5, 0.6) is 17.2 Å². The van der Waals surface area contributed by atoms with Gasteiger partial charge in [0.25, 0.3) is 0 Å². The minimum absolute atomic E-state index is 0.631. The van der Waals surface area contributed by atoms with Crippen molar-refractivity contribution >= 4 is 5.69 Å². The molecule has 0 saturated carbocycles. The summed E-state index contributed by atoms with van der Waals surface area (Å²) in [5.41, 5.74) is 3.90. The van der Waals surface area contributed by atoms with Crippen LogP contribution in [0.1, 0.15) is 11.1 Å². The fraction of sp³-hybridized carbons (Fsp3) is 0.333. The van der Waals surface area contributed by atoms with Gasteiger partial charge in [-0.15, -0.1) is 0 Å². The SMILES string of the molecule is COc1cc(N2CCc3ccccc3C2)cc(OC)c1OC. The van der Waals surface area contributed by atoms with Crippen LogP contribution < -0.4 is 19.1 Å². The van der Waals surface area contributed by atoms with Gasteiger partial charge in [-0.05, 0) is 17.5 Å². The van der Waals surface area contributed by atoms with Crippen molar-refractivity contribution in [3.63, 3.8) is 0 Å². The van der Waals surface area contributed by atoms with Crippen LogP contribution in [0.25, 0.3) is 0 Å². The van der Waals surface area contributed by atoms with Crippen molar-refractivity contribution in [3.8, 4) is 17.2 Å². The van der Waals surface area contributed by atoms with Crippen molar-refractivity contribution in [2.75, 3.05) is 32.8 Å². The Hall–Kier alpha value is -2.36. The zero-order valence-corrected chi connectivity index (χ0v) is 13.3. The summed E-state index contributed by atoms with van der Waals surface area (Å²) in [5.74, 6) is 2.01. The molecule has 1 heterocycles. The predicted octanol–water partition coefficient (Wildman–Crippen LogP) is 3.28. The lowest BCUT2D eigenvalue weighted by Crippen LogP contribution is -2.30. The van der Waals surface area contributed by atoms with E-state index in [0.29, 0.717) is 17.2 Å². The normalized spacial score (nSPS) is 13.5. The summed E-state index contributed by atoms with van der Waals surface area (Å²) in [6.07, 6.45) is 1.05. The number of benzene rings is 2. The van der Waals surface area contributed by atoms with Crippen molar-refractivity contribution in [1.82, 2.24) is 0 Å². The highest BCUT2D eigenvalue weighted by Crippen LogP contribution is 2.41. The highest BCUT2D eigenvalue weighted by molar-refractivity contribution is 5.64. The summed E-state index contributed by atoms with van der Waals surface area (Å²) in [5, 5.41) is 0. The number of fused-ring (bicyclic) bond motifs is 1. The number of ether oxygens (including phenoxy) is 3. The Bertz CT molecular complexity index is 644. The van der Waals surface area contributed by atoms with Gasteiger partial charge in [-0.3, -0.25) is 0 Å². The molecule has 4 heteroatoms. The van der Waals surface area contributed by atoms with E-state index < -0.39 is 0 Å². The van der Waals surface area contributed by atoms with E-state index in [0.717, 1.165) is 25.2 Å². The third-order valence-electron chi connectivity index (χ3n) is 4.15. The average molecular weight is 299 g/mol. The first kappa shape index (κ1) is 14.6. The number of hydrogen-bond donors (Lipinski definition) is 0. The summed E-state index contributed by atoms with van der Waals surface area (Å²) in [6.45, 7) is 1.88. The first-order valence-corrected chi connectivity index (χ1v) is 7.38. The number of rotatable bonds is 4. The molecule has 0 fully saturated rings. The highest BCUT2D eigenvalue weighted by atomic mass is 16.5. The van der Waals surface area contributed by atoms with E-state index in [9.17, 15) is 0 Å². The van der Waals surface area contributed by atoms with Gasteiger partial charge >= 0.3 is 0 Å². The second kappa shape index (κ2) is 6.18. The first-order valence-electron chi connectivity index (χ1n) is 7.38. The fourth-order valence-electron chi connectivity index (χ4n) is 2.97. The molecule has 4 nitrogen and oxygen atoms in total. The van der Waals surface area contributed by atoms with Crippen LogP contribution in [0.3, 0.4) is 0 Å². The minimum Gasteiger partial charge on any atom is -0.493 e. The average Bonchev–Trinajstić information content (AvgIpc) is 2.59. The van der Waals surface area contributed by atoms with E-state index in [-0.39, 0.29) is 0 Å². The van der Waals surface area contributed by atoms with Gasteiger partial charge < -0.3 is 19.1 Å². The summed E-state index contributed by atoms with van der Waals surface area (Å²) in [4.78, 5) is 2.34. The fourth-order valence-corrected chi connectivity index (χ4v) is 2.97. The van der Waals surface area contributed by atoms with Crippen molar-refractivity contribution in [2.24, 2.45) is 0 Å². The Kier molecular flexibility index (Phi) is 4.09. The Morgan fingerprint density at radius 3 is 2.09 bits per heavy atom. The molecule has 2 aromatic rings. The molecule has 3 rings (SSSR count). The third-order valence-corrected chi connectivity index (χ3v) is 4.15. The molecule has 22 heavy (non-hydrogen) atoms. The van der Waals surface area contributed by atoms with Crippen LogP contribution in [0.2, 0.25) is 0 Å². The summed E-state index contributed by atoms with van der Waals surface area (Å²) < 4.78 is 16.3. The summed E-state index contributed by atoms with van der Waals surface area (Å²) in [7, 11) is 4.91. The van der Waals surface area contributed by atoms with E-state index in [1.807, 2.05) is 12.1 Å². The van der Waals surface area contributed by atoms with Gasteiger partial charge in [-0.2, -0.15) is 0 Å². The quantitative estimate of drug-likeness (QED) is 0.867. The summed E-state index contributed by atoms with van der Waals surface area (Å²) in [6, 6.07) is 12.6. The van der Waals surface area contributed by atoms with E-state index >= 15 is 0 Å². The lowest BCUT2D eigenvalue weighted by molar-refractivity contribution is 0.324. The Morgan fingerprint density at radius 1 is 0.864 bits per heavy atom. The zero-order chi connectivity index (χ0) is 15.5. The summed E-state index contributed by atoms with van der Waals surface area (Å²) >= 11 is 0. The van der Waals surface area contributed by atoms with Gasteiger partial charge in [0.05, 0.1) is 21.3 Å². The Balaban J connectivity index is 1.96. The molecule has 0 bridgehead atoms. The molecule has 0 N–H and O–H groups in total. The Morgan fingerprint density at radius 2 is 1.50 bits per heavy atom. The molecule has 0 radical (unpaired) electrons. The highest BCUT2D eigenvalue weighted by Gasteiger charge is 2.20. The maximum Gasteiger partial charge on any atom is 0.203 e. The number of hydrogen-bond acceptors (Lipinski definition) is 4. The topological polar surface area (TPSA) is 30.9 Å². The van der Waals surface area contributed by atoms with Gasteiger partial charge in [0.15, 0.2) is 11.5 Å². The van der Waals surface area contributed by atoms with Gasteiger partial charge in [0, 0.05) is 30.9 Å². The maximum atomic E-state index is 5.45. The molecule has 0 unspecified atom stereocenters. The molecule has 2 aromatic carbocycles. The Labute approximate surface area is 131 Å². The molecule has 0 amide bonds. The number of anilines is 1. The van der Waals surface area contributed by atoms with Crippen molar-refractivity contribution in [2.45, 2.75) is 13.0 Å². The minimum atomic E-state index is 0.631. The molecule has 1 aliphatic rings. The van der Waals surface area contributed by atoms with Crippen molar-refractivity contribution < 1.29 is 14.2 Å². The molecule has 0 aromatic heterocycles. The van der Waals surface area contributed by atoms with Crippen LogP contribution in [0.4, 0.5) is 5.69 Å². The lowest BCUT2D eigenvalue weighted by Gasteiger charge is -2.31. The number of nitrogens with zero attached hydrogens (tertiary/aromatic N) is 1. The molecule has 116 valence electrons. The van der Waals surface area contributed by atoms with Crippen molar-refractivity contribution in [1.29, 1.82) is 0 Å². The molecule has 0 spiro atoms.